The second-order valence-electron chi connectivity index (χ2n) is 3.86. The number of aliphatic hydroxyl groups excluding tert-OH is 3. The minimum atomic E-state index is -4.74. The highest BCUT2D eigenvalue weighted by molar-refractivity contribution is 7.46. The topological polar surface area (TPSA) is 165 Å². The number of hydrogen-bond donors (Lipinski definition) is 6. The molecule has 0 fully saturated rings. The fourth-order valence-electron chi connectivity index (χ4n) is 1.24. The number of aliphatic hydroxyl groups is 3. The number of nitrogens with one attached hydrogen (secondary N) is 1. The molecular formula is C9H16N3O7P. The number of hydrogen-bond acceptors (Lipinski definition) is 8. The molecule has 3 atom stereocenters. The molecule has 0 saturated heterocycles. The molecule has 1 aromatic rings. The lowest BCUT2D eigenvalue weighted by atomic mass is 10.1. The second kappa shape index (κ2) is 7.60. The van der Waals surface area contributed by atoms with Crippen LogP contribution in [0.15, 0.2) is 18.5 Å². The van der Waals surface area contributed by atoms with Crippen molar-refractivity contribution in [2.45, 2.75) is 18.3 Å². The van der Waals surface area contributed by atoms with E-state index >= 15 is 0 Å². The van der Waals surface area contributed by atoms with Gasteiger partial charge in [-0.05, 0) is 6.07 Å². The third kappa shape index (κ3) is 6.35. The molecule has 114 valence electrons. The van der Waals surface area contributed by atoms with Crippen molar-refractivity contribution < 1.29 is 34.2 Å². The van der Waals surface area contributed by atoms with Gasteiger partial charge >= 0.3 is 7.82 Å². The number of nitrogens with zero attached hydrogens (tertiary/aromatic N) is 2. The van der Waals surface area contributed by atoms with E-state index in [1.807, 2.05) is 0 Å². The summed E-state index contributed by atoms with van der Waals surface area (Å²) in [4.78, 5) is 24.5. The van der Waals surface area contributed by atoms with Crippen molar-refractivity contribution in [1.82, 2.24) is 9.97 Å². The molecule has 0 bridgehead atoms. The molecule has 1 heterocycles. The van der Waals surface area contributed by atoms with Crippen molar-refractivity contribution in [3.8, 4) is 0 Å². The summed E-state index contributed by atoms with van der Waals surface area (Å²) in [7, 11) is -4.74. The lowest BCUT2D eigenvalue weighted by Crippen LogP contribution is -2.43. The second-order valence-corrected chi connectivity index (χ2v) is 5.10. The van der Waals surface area contributed by atoms with Crippen LogP contribution in [0.25, 0.3) is 0 Å². The zero-order valence-electron chi connectivity index (χ0n) is 10.3. The SMILES string of the molecule is O=P(O)(O)OC[C@@H](O)[C@@H](O)[C@@H](O)CNc1ncccn1. The van der Waals surface area contributed by atoms with Gasteiger partial charge in [0.1, 0.15) is 12.2 Å². The molecule has 1 rings (SSSR count). The Bertz CT molecular complexity index is 442. The van der Waals surface area contributed by atoms with Gasteiger partial charge in [0.15, 0.2) is 0 Å². The van der Waals surface area contributed by atoms with E-state index in [0.29, 0.717) is 0 Å². The van der Waals surface area contributed by atoms with Crippen LogP contribution < -0.4 is 5.32 Å². The third-order valence-corrected chi connectivity index (χ3v) is 2.72. The summed E-state index contributed by atoms with van der Waals surface area (Å²) < 4.78 is 14.5. The summed E-state index contributed by atoms with van der Waals surface area (Å²) in [5.41, 5.74) is 0. The average molecular weight is 309 g/mol. The van der Waals surface area contributed by atoms with E-state index in [1.165, 1.54) is 12.4 Å². The van der Waals surface area contributed by atoms with Crippen molar-refractivity contribution in [2.24, 2.45) is 0 Å². The maximum absolute atomic E-state index is 10.4. The Labute approximate surface area is 114 Å². The highest BCUT2D eigenvalue weighted by atomic mass is 31.2. The molecule has 0 unspecified atom stereocenters. The van der Waals surface area contributed by atoms with Crippen molar-refractivity contribution >= 4 is 13.8 Å². The lowest BCUT2D eigenvalue weighted by molar-refractivity contribution is -0.0706. The first-order chi connectivity index (χ1) is 9.29. The zero-order valence-corrected chi connectivity index (χ0v) is 11.2. The standard InChI is InChI=1S/C9H16N3O7P/c13-6(4-12-9-10-2-1-3-11-9)8(15)7(14)5-19-20(16,17)18/h1-3,6-8,13-15H,4-5H2,(H,10,11,12)(H2,16,17,18)/t6-,7+,8-/m0/s1. The molecular weight excluding hydrogens is 293 g/mol. The van der Waals surface area contributed by atoms with Crippen LogP contribution in [0.4, 0.5) is 5.95 Å². The molecule has 0 aliphatic carbocycles. The van der Waals surface area contributed by atoms with Crippen LogP contribution >= 0.6 is 7.82 Å². The summed E-state index contributed by atoms with van der Waals surface area (Å²) in [5.74, 6) is 0.222. The van der Waals surface area contributed by atoms with Crippen molar-refractivity contribution in [1.29, 1.82) is 0 Å². The predicted octanol–water partition coefficient (Wildman–Crippen LogP) is -1.92. The Morgan fingerprint density at radius 2 is 1.80 bits per heavy atom. The first-order valence-corrected chi connectivity index (χ1v) is 7.08. The molecule has 0 aliphatic rings. The maximum atomic E-state index is 10.4. The first kappa shape index (κ1) is 16.9. The molecule has 6 N–H and O–H groups in total. The van der Waals surface area contributed by atoms with Gasteiger partial charge in [0, 0.05) is 18.9 Å². The Morgan fingerprint density at radius 1 is 1.20 bits per heavy atom. The van der Waals surface area contributed by atoms with E-state index in [2.05, 4.69) is 19.8 Å². The van der Waals surface area contributed by atoms with Gasteiger partial charge in [-0.2, -0.15) is 0 Å². The molecule has 11 heteroatoms. The fraction of sp³-hybridized carbons (Fsp3) is 0.556. The molecule has 0 aromatic carbocycles. The first-order valence-electron chi connectivity index (χ1n) is 5.55. The van der Waals surface area contributed by atoms with Crippen molar-refractivity contribution in [3.63, 3.8) is 0 Å². The Morgan fingerprint density at radius 3 is 2.35 bits per heavy atom. The van der Waals surface area contributed by atoms with Gasteiger partial charge in [-0.3, -0.25) is 4.52 Å². The molecule has 0 spiro atoms. The van der Waals surface area contributed by atoms with E-state index in [1.54, 1.807) is 6.07 Å². The average Bonchev–Trinajstić information content (AvgIpc) is 2.41. The van der Waals surface area contributed by atoms with Gasteiger partial charge in [0.25, 0.3) is 0 Å². The number of phosphoric ester groups is 1. The number of rotatable bonds is 8. The minimum Gasteiger partial charge on any atom is -0.388 e. The quantitative estimate of drug-likeness (QED) is 0.298. The van der Waals surface area contributed by atoms with Gasteiger partial charge < -0.3 is 30.4 Å². The molecule has 0 radical (unpaired) electrons. The molecule has 0 saturated carbocycles. The third-order valence-electron chi connectivity index (χ3n) is 2.24. The van der Waals surface area contributed by atoms with E-state index in [0.717, 1.165) is 0 Å². The van der Waals surface area contributed by atoms with Crippen LogP contribution in [-0.4, -0.2) is 66.5 Å². The molecule has 0 amide bonds. The van der Waals surface area contributed by atoms with Crippen LogP contribution in [0.5, 0.6) is 0 Å². The van der Waals surface area contributed by atoms with Gasteiger partial charge in [0.05, 0.1) is 12.7 Å². The predicted molar refractivity (Wildman–Crippen MR) is 66.5 cm³/mol. The molecule has 10 nitrogen and oxygen atoms in total. The van der Waals surface area contributed by atoms with Gasteiger partial charge in [-0.25, -0.2) is 14.5 Å². The van der Waals surface area contributed by atoms with E-state index in [-0.39, 0.29) is 12.5 Å². The van der Waals surface area contributed by atoms with Crippen LogP contribution in [0.1, 0.15) is 0 Å². The smallest absolute Gasteiger partial charge is 0.388 e. The van der Waals surface area contributed by atoms with Gasteiger partial charge in [-0.1, -0.05) is 0 Å². The van der Waals surface area contributed by atoms with Crippen LogP contribution in [-0.2, 0) is 9.09 Å². The Balaban J connectivity index is 2.38. The van der Waals surface area contributed by atoms with Gasteiger partial charge in [0.2, 0.25) is 5.95 Å². The highest BCUT2D eigenvalue weighted by Crippen LogP contribution is 2.35. The summed E-state index contributed by atoms with van der Waals surface area (Å²) >= 11 is 0. The molecule has 0 aliphatic heterocycles. The van der Waals surface area contributed by atoms with E-state index < -0.39 is 32.7 Å². The maximum Gasteiger partial charge on any atom is 0.469 e. The monoisotopic (exact) mass is 309 g/mol. The van der Waals surface area contributed by atoms with Crippen molar-refractivity contribution in [3.05, 3.63) is 18.5 Å². The summed E-state index contributed by atoms with van der Waals surface area (Å²) in [6.07, 6.45) is -1.77. The lowest BCUT2D eigenvalue weighted by Gasteiger charge is -2.23. The normalized spacial score (nSPS) is 16.4. The fourth-order valence-corrected chi connectivity index (χ4v) is 1.58. The number of aromatic nitrogens is 2. The van der Waals surface area contributed by atoms with Crippen LogP contribution in [0.2, 0.25) is 0 Å². The van der Waals surface area contributed by atoms with Crippen molar-refractivity contribution in [2.75, 3.05) is 18.5 Å². The molecule has 20 heavy (non-hydrogen) atoms. The van der Waals surface area contributed by atoms with Crippen LogP contribution in [0, 0.1) is 0 Å². The molecule has 1 aromatic heterocycles. The minimum absolute atomic E-state index is 0.169. The summed E-state index contributed by atoms with van der Waals surface area (Å²) in [6, 6.07) is 1.60. The zero-order chi connectivity index (χ0) is 15.2. The van der Waals surface area contributed by atoms with E-state index in [9.17, 15) is 19.9 Å². The highest BCUT2D eigenvalue weighted by Gasteiger charge is 2.27. The summed E-state index contributed by atoms with van der Waals surface area (Å²) in [5, 5.41) is 31.2. The van der Waals surface area contributed by atoms with Gasteiger partial charge in [-0.15, -0.1) is 0 Å². The Kier molecular flexibility index (Phi) is 6.43. The summed E-state index contributed by atoms with van der Waals surface area (Å²) in [6.45, 7) is -0.984. The van der Waals surface area contributed by atoms with Crippen LogP contribution in [0.3, 0.4) is 0 Å². The largest absolute Gasteiger partial charge is 0.469 e. The number of anilines is 1. The number of phosphoric acid groups is 1. The Hall–Kier alpha value is -1.13. The van der Waals surface area contributed by atoms with E-state index in [4.69, 9.17) is 9.79 Å².